The number of para-hydroxylation sites is 2. The molecule has 0 radical (unpaired) electrons. The van der Waals surface area contributed by atoms with E-state index in [-0.39, 0.29) is 30.8 Å². The lowest BCUT2D eigenvalue weighted by molar-refractivity contribution is -0.122. The molecule has 158 valence electrons. The number of hydrogen-bond donors (Lipinski definition) is 1. The van der Waals surface area contributed by atoms with Gasteiger partial charge in [0.05, 0.1) is 18.3 Å². The van der Waals surface area contributed by atoms with Crippen LogP contribution in [0.2, 0.25) is 0 Å². The first-order chi connectivity index (χ1) is 14.7. The maximum Gasteiger partial charge on any atom is 0.227 e. The zero-order valence-electron chi connectivity index (χ0n) is 16.8. The Bertz CT molecular complexity index is 877. The summed E-state index contributed by atoms with van der Waals surface area (Å²) in [6, 6.07) is 14.7. The van der Waals surface area contributed by atoms with Gasteiger partial charge in [0.1, 0.15) is 24.7 Å². The minimum absolute atomic E-state index is 0.0845. The topological polar surface area (TPSA) is 77.1 Å². The zero-order valence-corrected chi connectivity index (χ0v) is 16.8. The number of fused-ring (bicyclic) bond motifs is 1. The van der Waals surface area contributed by atoms with Crippen LogP contribution >= 0.6 is 0 Å². The molecule has 2 heterocycles. The molecular weight excluding hydrogens is 384 g/mol. The Kier molecular flexibility index (Phi) is 6.49. The fraction of sp³-hybridized carbons (Fsp3) is 0.391. The summed E-state index contributed by atoms with van der Waals surface area (Å²) in [6.07, 6.45) is 2.54. The van der Waals surface area contributed by atoms with Crippen molar-refractivity contribution in [2.75, 3.05) is 36.6 Å². The second-order valence-corrected chi connectivity index (χ2v) is 7.38. The van der Waals surface area contributed by atoms with Crippen molar-refractivity contribution in [3.8, 4) is 11.5 Å². The summed E-state index contributed by atoms with van der Waals surface area (Å²) in [4.78, 5) is 26.6. The van der Waals surface area contributed by atoms with Crippen LogP contribution in [-0.2, 0) is 14.3 Å². The fourth-order valence-electron chi connectivity index (χ4n) is 3.61. The van der Waals surface area contributed by atoms with Crippen molar-refractivity contribution in [2.45, 2.75) is 31.8 Å². The van der Waals surface area contributed by atoms with Crippen LogP contribution in [0, 0.1) is 0 Å². The molecule has 1 N–H and O–H groups in total. The molecule has 0 aliphatic carbocycles. The number of amides is 2. The first kappa shape index (κ1) is 20.2. The Morgan fingerprint density at radius 3 is 2.70 bits per heavy atom. The average molecular weight is 410 g/mol. The van der Waals surface area contributed by atoms with Gasteiger partial charge in [-0.15, -0.1) is 0 Å². The highest BCUT2D eigenvalue weighted by Gasteiger charge is 2.23. The number of nitrogens with one attached hydrogen (secondary N) is 1. The molecule has 1 saturated heterocycles. The minimum atomic E-state index is -0.196. The third-order valence-corrected chi connectivity index (χ3v) is 5.19. The lowest BCUT2D eigenvalue weighted by Gasteiger charge is -2.29. The van der Waals surface area contributed by atoms with Crippen molar-refractivity contribution < 1.29 is 23.8 Å². The molecule has 0 aromatic heterocycles. The molecule has 7 nitrogen and oxygen atoms in total. The Morgan fingerprint density at radius 1 is 1.07 bits per heavy atom. The van der Waals surface area contributed by atoms with Gasteiger partial charge in [0.2, 0.25) is 11.8 Å². The van der Waals surface area contributed by atoms with Crippen LogP contribution in [0.4, 0.5) is 11.4 Å². The van der Waals surface area contributed by atoms with Gasteiger partial charge in [0.15, 0.2) is 0 Å². The lowest BCUT2D eigenvalue weighted by atomic mass is 10.2. The van der Waals surface area contributed by atoms with Crippen molar-refractivity contribution in [1.82, 2.24) is 0 Å². The normalized spacial score (nSPS) is 17.7. The van der Waals surface area contributed by atoms with Crippen LogP contribution in [0.1, 0.15) is 25.7 Å². The van der Waals surface area contributed by atoms with E-state index >= 15 is 0 Å². The number of rotatable bonds is 7. The van der Waals surface area contributed by atoms with Gasteiger partial charge in [-0.1, -0.05) is 12.1 Å². The molecule has 0 bridgehead atoms. The molecule has 1 unspecified atom stereocenters. The molecule has 2 aromatic carbocycles. The Morgan fingerprint density at radius 2 is 1.90 bits per heavy atom. The standard InChI is InChI=1S/C23H26N2O5/c26-22(11-12-23(27)25-13-15-29-21-6-2-1-5-20(21)25)24-17-7-9-18(10-8-17)30-16-19-4-3-14-28-19/h1-2,5-10,19H,3-4,11-16H2,(H,24,26). The van der Waals surface area contributed by atoms with Gasteiger partial charge < -0.3 is 24.4 Å². The summed E-state index contributed by atoms with van der Waals surface area (Å²) >= 11 is 0. The van der Waals surface area contributed by atoms with Crippen molar-refractivity contribution in [3.63, 3.8) is 0 Å². The van der Waals surface area contributed by atoms with Gasteiger partial charge in [-0.2, -0.15) is 0 Å². The molecule has 0 spiro atoms. The maximum atomic E-state index is 12.6. The van der Waals surface area contributed by atoms with Gasteiger partial charge in [0, 0.05) is 25.1 Å². The summed E-state index contributed by atoms with van der Waals surface area (Å²) in [5.41, 5.74) is 1.43. The number of anilines is 2. The smallest absolute Gasteiger partial charge is 0.227 e. The Labute approximate surface area is 175 Å². The average Bonchev–Trinajstić information content (AvgIpc) is 3.30. The van der Waals surface area contributed by atoms with E-state index in [0.29, 0.717) is 31.2 Å². The lowest BCUT2D eigenvalue weighted by Crippen LogP contribution is -2.38. The number of carbonyl (C=O) groups excluding carboxylic acids is 2. The van der Waals surface area contributed by atoms with Gasteiger partial charge in [-0.05, 0) is 49.2 Å². The molecule has 4 rings (SSSR count). The minimum Gasteiger partial charge on any atom is -0.491 e. The molecule has 2 aromatic rings. The quantitative estimate of drug-likeness (QED) is 0.757. The van der Waals surface area contributed by atoms with Crippen molar-refractivity contribution in [3.05, 3.63) is 48.5 Å². The van der Waals surface area contributed by atoms with E-state index in [0.717, 1.165) is 30.9 Å². The van der Waals surface area contributed by atoms with E-state index in [1.165, 1.54) is 0 Å². The number of nitrogens with zero attached hydrogens (tertiary/aromatic N) is 1. The molecule has 0 saturated carbocycles. The number of hydrogen-bond acceptors (Lipinski definition) is 5. The van der Waals surface area contributed by atoms with E-state index in [4.69, 9.17) is 14.2 Å². The van der Waals surface area contributed by atoms with E-state index in [9.17, 15) is 9.59 Å². The molecular formula is C23H26N2O5. The van der Waals surface area contributed by atoms with Crippen LogP contribution in [0.25, 0.3) is 0 Å². The summed E-state index contributed by atoms with van der Waals surface area (Å²) < 4.78 is 16.8. The van der Waals surface area contributed by atoms with E-state index in [1.54, 1.807) is 17.0 Å². The largest absolute Gasteiger partial charge is 0.491 e. The predicted octanol–water partition coefficient (Wildman–Crippen LogP) is 3.39. The summed E-state index contributed by atoms with van der Waals surface area (Å²) in [6.45, 7) is 2.29. The first-order valence-corrected chi connectivity index (χ1v) is 10.4. The zero-order chi connectivity index (χ0) is 20.8. The molecule has 1 atom stereocenters. The predicted molar refractivity (Wildman–Crippen MR) is 113 cm³/mol. The summed E-state index contributed by atoms with van der Waals surface area (Å²) in [5.74, 6) is 1.16. The number of carbonyl (C=O) groups is 2. The highest BCUT2D eigenvalue weighted by atomic mass is 16.5. The van der Waals surface area contributed by atoms with Gasteiger partial charge in [-0.3, -0.25) is 9.59 Å². The number of benzene rings is 2. The third kappa shape index (κ3) is 5.10. The van der Waals surface area contributed by atoms with Gasteiger partial charge in [0.25, 0.3) is 0 Å². The van der Waals surface area contributed by atoms with Crippen LogP contribution in [0.3, 0.4) is 0 Å². The SMILES string of the molecule is O=C(CCC(=O)N1CCOc2ccccc21)Nc1ccc(OCC2CCCO2)cc1. The van der Waals surface area contributed by atoms with Crippen LogP contribution in [-0.4, -0.2) is 44.3 Å². The van der Waals surface area contributed by atoms with Crippen LogP contribution in [0.15, 0.2) is 48.5 Å². The van der Waals surface area contributed by atoms with Crippen molar-refractivity contribution in [1.29, 1.82) is 0 Å². The first-order valence-electron chi connectivity index (χ1n) is 10.4. The Hall–Kier alpha value is -3.06. The second-order valence-electron chi connectivity index (χ2n) is 7.38. The fourth-order valence-corrected chi connectivity index (χ4v) is 3.61. The molecule has 1 fully saturated rings. The second kappa shape index (κ2) is 9.63. The van der Waals surface area contributed by atoms with E-state index < -0.39 is 0 Å². The van der Waals surface area contributed by atoms with E-state index in [1.807, 2.05) is 36.4 Å². The van der Waals surface area contributed by atoms with Crippen molar-refractivity contribution >= 4 is 23.2 Å². The summed E-state index contributed by atoms with van der Waals surface area (Å²) in [7, 11) is 0. The van der Waals surface area contributed by atoms with E-state index in [2.05, 4.69) is 5.32 Å². The van der Waals surface area contributed by atoms with Crippen molar-refractivity contribution in [2.24, 2.45) is 0 Å². The van der Waals surface area contributed by atoms with Crippen LogP contribution in [0.5, 0.6) is 11.5 Å². The Balaban J connectivity index is 1.23. The van der Waals surface area contributed by atoms with Gasteiger partial charge in [-0.25, -0.2) is 0 Å². The molecule has 2 amide bonds. The highest BCUT2D eigenvalue weighted by Crippen LogP contribution is 2.31. The molecule has 7 heteroatoms. The molecule has 2 aliphatic heterocycles. The van der Waals surface area contributed by atoms with Gasteiger partial charge >= 0.3 is 0 Å². The molecule has 2 aliphatic rings. The maximum absolute atomic E-state index is 12.6. The van der Waals surface area contributed by atoms with Crippen LogP contribution < -0.4 is 19.7 Å². The molecule has 30 heavy (non-hydrogen) atoms. The monoisotopic (exact) mass is 410 g/mol. The highest BCUT2D eigenvalue weighted by molar-refractivity contribution is 5.99. The number of ether oxygens (including phenoxy) is 3. The summed E-state index contributed by atoms with van der Waals surface area (Å²) in [5, 5.41) is 2.83. The third-order valence-electron chi connectivity index (χ3n) is 5.19.